The number of carboxylic acids is 2. The number of aliphatic carboxylic acids is 1. The second kappa shape index (κ2) is 8.04. The monoisotopic (exact) mass is 293 g/mol. The number of unbranched alkanes of at least 4 members (excludes halogenated alkanes) is 1. The molecule has 0 unspecified atom stereocenters. The molecule has 1 rings (SSSR count). The van der Waals surface area contributed by atoms with E-state index in [4.69, 9.17) is 10.2 Å². The van der Waals surface area contributed by atoms with Gasteiger partial charge in [0.2, 0.25) is 5.91 Å². The molecule has 0 aliphatic rings. The molecule has 0 fully saturated rings. The molecule has 0 aliphatic heterocycles. The Bertz CT molecular complexity index is 527. The van der Waals surface area contributed by atoms with Crippen LogP contribution in [0.2, 0.25) is 0 Å². The summed E-state index contributed by atoms with van der Waals surface area (Å²) in [6.45, 7) is 1.99. The minimum Gasteiger partial charge on any atom is -0.481 e. The second-order valence-electron chi connectivity index (χ2n) is 4.65. The van der Waals surface area contributed by atoms with E-state index >= 15 is 0 Å². The first-order valence-corrected chi connectivity index (χ1v) is 6.81. The molecule has 1 aromatic carbocycles. The van der Waals surface area contributed by atoms with Crippen LogP contribution in [-0.2, 0) is 9.59 Å². The molecule has 0 saturated heterocycles. The minimum absolute atomic E-state index is 0.0287. The van der Waals surface area contributed by atoms with Gasteiger partial charge in [-0.2, -0.15) is 0 Å². The zero-order valence-corrected chi connectivity index (χ0v) is 11.9. The average molecular weight is 293 g/mol. The number of hydrogen-bond donors (Lipinski definition) is 2. The summed E-state index contributed by atoms with van der Waals surface area (Å²) >= 11 is 0. The van der Waals surface area contributed by atoms with Crippen LogP contribution in [-0.4, -0.2) is 34.6 Å². The highest BCUT2D eigenvalue weighted by Crippen LogP contribution is 2.18. The lowest BCUT2D eigenvalue weighted by Gasteiger charge is -2.22. The van der Waals surface area contributed by atoms with Crippen molar-refractivity contribution in [2.45, 2.75) is 32.6 Å². The maximum absolute atomic E-state index is 12.2. The van der Waals surface area contributed by atoms with Gasteiger partial charge in [-0.1, -0.05) is 19.4 Å². The molecular weight excluding hydrogens is 274 g/mol. The van der Waals surface area contributed by atoms with Gasteiger partial charge in [-0.3, -0.25) is 9.59 Å². The smallest absolute Gasteiger partial charge is 0.335 e. The number of amides is 1. The molecule has 0 aromatic heterocycles. The Labute approximate surface area is 123 Å². The Hall–Kier alpha value is -2.37. The van der Waals surface area contributed by atoms with E-state index in [2.05, 4.69) is 0 Å². The molecule has 21 heavy (non-hydrogen) atoms. The van der Waals surface area contributed by atoms with E-state index in [-0.39, 0.29) is 24.4 Å². The van der Waals surface area contributed by atoms with Crippen molar-refractivity contribution in [2.75, 3.05) is 11.4 Å². The summed E-state index contributed by atoms with van der Waals surface area (Å²) in [7, 11) is 0. The number of carboxylic acid groups (broad SMARTS) is 2. The van der Waals surface area contributed by atoms with Gasteiger partial charge in [0.15, 0.2) is 0 Å². The molecule has 2 N–H and O–H groups in total. The van der Waals surface area contributed by atoms with Crippen LogP contribution in [0.4, 0.5) is 5.69 Å². The highest BCUT2D eigenvalue weighted by atomic mass is 16.4. The molecule has 114 valence electrons. The van der Waals surface area contributed by atoms with Crippen LogP contribution in [0.25, 0.3) is 0 Å². The van der Waals surface area contributed by atoms with Crippen LogP contribution in [0.5, 0.6) is 0 Å². The van der Waals surface area contributed by atoms with E-state index in [0.717, 1.165) is 6.42 Å². The number of anilines is 1. The van der Waals surface area contributed by atoms with Gasteiger partial charge in [0.25, 0.3) is 0 Å². The summed E-state index contributed by atoms with van der Waals surface area (Å²) in [5, 5.41) is 17.8. The van der Waals surface area contributed by atoms with Crippen molar-refractivity contribution in [1.82, 2.24) is 0 Å². The molecule has 1 amide bonds. The van der Waals surface area contributed by atoms with Crippen molar-refractivity contribution in [3.05, 3.63) is 29.8 Å². The van der Waals surface area contributed by atoms with E-state index in [1.54, 1.807) is 12.1 Å². The lowest BCUT2D eigenvalue weighted by molar-refractivity contribution is -0.136. The largest absolute Gasteiger partial charge is 0.481 e. The molecule has 0 heterocycles. The second-order valence-corrected chi connectivity index (χ2v) is 4.65. The molecule has 0 atom stereocenters. The van der Waals surface area contributed by atoms with Gasteiger partial charge in [-0.25, -0.2) is 4.79 Å². The molecule has 6 heteroatoms. The summed E-state index contributed by atoms with van der Waals surface area (Å²) in [5.41, 5.74) is 0.480. The summed E-state index contributed by atoms with van der Waals surface area (Å²) < 4.78 is 0. The molecule has 0 saturated carbocycles. The highest BCUT2D eigenvalue weighted by Gasteiger charge is 2.17. The predicted molar refractivity (Wildman–Crippen MR) is 77.5 cm³/mol. The number of rotatable bonds is 8. The number of carbonyl (C=O) groups is 3. The third-order valence-corrected chi connectivity index (χ3v) is 3.00. The Morgan fingerprint density at radius 2 is 1.86 bits per heavy atom. The van der Waals surface area contributed by atoms with Crippen LogP contribution >= 0.6 is 0 Å². The Morgan fingerprint density at radius 1 is 1.14 bits per heavy atom. The van der Waals surface area contributed by atoms with Gasteiger partial charge in [-0.05, 0) is 24.6 Å². The Balaban J connectivity index is 2.98. The molecule has 0 radical (unpaired) electrons. The first kappa shape index (κ1) is 16.7. The summed E-state index contributed by atoms with van der Waals surface area (Å²) in [4.78, 5) is 35.2. The fourth-order valence-corrected chi connectivity index (χ4v) is 1.88. The third kappa shape index (κ3) is 5.25. The topological polar surface area (TPSA) is 94.9 Å². The fourth-order valence-electron chi connectivity index (χ4n) is 1.88. The third-order valence-electron chi connectivity index (χ3n) is 3.00. The van der Waals surface area contributed by atoms with Crippen LogP contribution in [0.15, 0.2) is 24.3 Å². The standard InChI is InChI=1S/C15H19NO5/c1-2-3-7-13(17)16(9-8-14(18)19)12-6-4-5-11(10-12)15(20)21/h4-6,10H,2-3,7-9H2,1H3,(H,18,19)(H,20,21). The van der Waals surface area contributed by atoms with Crippen molar-refractivity contribution in [3.8, 4) is 0 Å². The first-order valence-electron chi connectivity index (χ1n) is 6.81. The number of aromatic carboxylic acids is 1. The SMILES string of the molecule is CCCCC(=O)N(CCC(=O)O)c1cccc(C(=O)O)c1. The number of nitrogens with zero attached hydrogens (tertiary/aromatic N) is 1. The van der Waals surface area contributed by atoms with Gasteiger partial charge in [-0.15, -0.1) is 0 Å². The van der Waals surface area contributed by atoms with E-state index in [9.17, 15) is 14.4 Å². The average Bonchev–Trinajstić information content (AvgIpc) is 2.45. The van der Waals surface area contributed by atoms with Gasteiger partial charge >= 0.3 is 11.9 Å². The highest BCUT2D eigenvalue weighted by molar-refractivity contribution is 5.96. The summed E-state index contributed by atoms with van der Waals surface area (Å²) in [6, 6.07) is 5.96. The molecule has 6 nitrogen and oxygen atoms in total. The van der Waals surface area contributed by atoms with Crippen LogP contribution in [0.3, 0.4) is 0 Å². The zero-order valence-electron chi connectivity index (χ0n) is 11.9. The zero-order chi connectivity index (χ0) is 15.8. The molecule has 0 bridgehead atoms. The van der Waals surface area contributed by atoms with E-state index in [1.807, 2.05) is 6.92 Å². The van der Waals surface area contributed by atoms with Crippen LogP contribution in [0, 0.1) is 0 Å². The summed E-state index contributed by atoms with van der Waals surface area (Å²) in [6.07, 6.45) is 1.69. The van der Waals surface area contributed by atoms with Crippen molar-refractivity contribution in [3.63, 3.8) is 0 Å². The minimum atomic E-state index is -1.09. The van der Waals surface area contributed by atoms with Crippen LogP contribution in [0.1, 0.15) is 43.0 Å². The lowest BCUT2D eigenvalue weighted by atomic mass is 10.1. The van der Waals surface area contributed by atoms with Gasteiger partial charge in [0.1, 0.15) is 0 Å². The molecule has 0 spiro atoms. The van der Waals surface area contributed by atoms with Crippen molar-refractivity contribution < 1.29 is 24.6 Å². The van der Waals surface area contributed by atoms with Gasteiger partial charge in [0, 0.05) is 18.7 Å². The molecule has 0 aliphatic carbocycles. The normalized spacial score (nSPS) is 10.1. The quantitative estimate of drug-likeness (QED) is 0.767. The molecular formula is C15H19NO5. The number of hydrogen-bond acceptors (Lipinski definition) is 3. The van der Waals surface area contributed by atoms with Gasteiger partial charge in [0.05, 0.1) is 12.0 Å². The van der Waals surface area contributed by atoms with E-state index in [1.165, 1.54) is 17.0 Å². The van der Waals surface area contributed by atoms with Crippen molar-refractivity contribution >= 4 is 23.5 Å². The van der Waals surface area contributed by atoms with Crippen LogP contribution < -0.4 is 4.90 Å². The van der Waals surface area contributed by atoms with Gasteiger partial charge < -0.3 is 15.1 Å². The van der Waals surface area contributed by atoms with E-state index in [0.29, 0.717) is 18.5 Å². The maximum Gasteiger partial charge on any atom is 0.335 e. The van der Waals surface area contributed by atoms with Crippen molar-refractivity contribution in [1.29, 1.82) is 0 Å². The van der Waals surface area contributed by atoms with Crippen molar-refractivity contribution in [2.24, 2.45) is 0 Å². The number of benzene rings is 1. The lowest BCUT2D eigenvalue weighted by Crippen LogP contribution is -2.33. The fraction of sp³-hybridized carbons (Fsp3) is 0.400. The molecule has 1 aromatic rings. The Morgan fingerprint density at radius 3 is 2.43 bits per heavy atom. The maximum atomic E-state index is 12.2. The predicted octanol–water partition coefficient (Wildman–Crippen LogP) is 2.38. The number of carbonyl (C=O) groups excluding carboxylic acids is 1. The summed E-state index contributed by atoms with van der Waals surface area (Å²) in [5.74, 6) is -2.28. The van der Waals surface area contributed by atoms with E-state index < -0.39 is 11.9 Å². The first-order chi connectivity index (χ1) is 9.95. The Kier molecular flexibility index (Phi) is 6.39.